The molecule has 7 heteroatoms. The predicted octanol–water partition coefficient (Wildman–Crippen LogP) is 0.370. The molecule has 1 rings (SSSR count). The van der Waals surface area contributed by atoms with Gasteiger partial charge in [-0.3, -0.25) is 9.59 Å². The minimum absolute atomic E-state index is 0.00319. The molecular weight excluding hydrogens is 284 g/mol. The van der Waals surface area contributed by atoms with Gasteiger partial charge in [-0.15, -0.1) is 0 Å². The summed E-state index contributed by atoms with van der Waals surface area (Å²) in [7, 11) is 0. The molecule has 0 fully saturated rings. The number of carbonyl (C=O) groups excluding carboxylic acids is 2. The van der Waals surface area contributed by atoms with Crippen LogP contribution in [0.3, 0.4) is 0 Å². The van der Waals surface area contributed by atoms with Crippen LogP contribution in [0.4, 0.5) is 0 Å². The molecule has 1 heterocycles. The minimum atomic E-state index is -0.913. The molecule has 2 atom stereocenters. The number of carbonyl (C=O) groups is 2. The SMILES string of the molecule is CC(C)C[C@@H](C)NC(=O)[C@H](CO)NC(=O)CCc1cnc[nH]1. The normalized spacial score (nSPS) is 13.7. The van der Waals surface area contributed by atoms with Crippen LogP contribution in [0.1, 0.15) is 39.3 Å². The number of aromatic amines is 1. The van der Waals surface area contributed by atoms with Gasteiger partial charge < -0.3 is 20.7 Å². The molecule has 2 amide bonds. The first kappa shape index (κ1) is 18.2. The lowest BCUT2D eigenvalue weighted by molar-refractivity contribution is -0.130. The van der Waals surface area contributed by atoms with Crippen LogP contribution in [0.2, 0.25) is 0 Å². The van der Waals surface area contributed by atoms with E-state index in [1.807, 2.05) is 6.92 Å². The number of aryl methyl sites for hydroxylation is 1. The molecule has 0 aliphatic carbocycles. The molecule has 0 bridgehead atoms. The zero-order chi connectivity index (χ0) is 16.5. The van der Waals surface area contributed by atoms with Crippen LogP contribution in [-0.2, 0) is 16.0 Å². The van der Waals surface area contributed by atoms with E-state index in [9.17, 15) is 14.7 Å². The first-order valence-corrected chi connectivity index (χ1v) is 7.60. The van der Waals surface area contributed by atoms with Gasteiger partial charge in [-0.05, 0) is 25.7 Å². The zero-order valence-corrected chi connectivity index (χ0v) is 13.4. The first-order chi connectivity index (χ1) is 10.4. The number of aliphatic hydroxyl groups excluding tert-OH is 1. The third kappa shape index (κ3) is 6.71. The molecule has 124 valence electrons. The number of aliphatic hydroxyl groups is 1. The summed E-state index contributed by atoms with van der Waals surface area (Å²) in [6, 6.07) is -0.910. The average molecular weight is 310 g/mol. The van der Waals surface area contributed by atoms with E-state index in [0.717, 1.165) is 12.1 Å². The standard InChI is InChI=1S/C15H26N4O3/c1-10(2)6-11(3)18-15(22)13(8-20)19-14(21)5-4-12-7-16-9-17-12/h7,9-11,13,20H,4-6,8H2,1-3H3,(H,16,17)(H,18,22)(H,19,21)/t11-,13+/m1/s1. The maximum atomic E-state index is 12.0. The summed E-state index contributed by atoms with van der Waals surface area (Å²) in [6.07, 6.45) is 4.78. The lowest BCUT2D eigenvalue weighted by atomic mass is 10.0. The fourth-order valence-electron chi connectivity index (χ4n) is 2.24. The van der Waals surface area contributed by atoms with Gasteiger partial charge in [-0.1, -0.05) is 13.8 Å². The highest BCUT2D eigenvalue weighted by molar-refractivity contribution is 5.87. The van der Waals surface area contributed by atoms with E-state index in [2.05, 4.69) is 34.4 Å². The maximum Gasteiger partial charge on any atom is 0.245 e. The van der Waals surface area contributed by atoms with Crippen LogP contribution in [0.25, 0.3) is 0 Å². The fraction of sp³-hybridized carbons (Fsp3) is 0.667. The quantitative estimate of drug-likeness (QED) is 0.528. The number of rotatable bonds is 9. The summed E-state index contributed by atoms with van der Waals surface area (Å²) in [5.41, 5.74) is 0.853. The highest BCUT2D eigenvalue weighted by Gasteiger charge is 2.21. The largest absolute Gasteiger partial charge is 0.394 e. The van der Waals surface area contributed by atoms with Crippen molar-refractivity contribution in [3.63, 3.8) is 0 Å². The molecule has 22 heavy (non-hydrogen) atoms. The van der Waals surface area contributed by atoms with E-state index in [4.69, 9.17) is 0 Å². The van der Waals surface area contributed by atoms with E-state index in [1.165, 1.54) is 0 Å². The van der Waals surface area contributed by atoms with Crippen molar-refractivity contribution in [2.75, 3.05) is 6.61 Å². The van der Waals surface area contributed by atoms with Gasteiger partial charge >= 0.3 is 0 Å². The van der Waals surface area contributed by atoms with Gasteiger partial charge in [-0.2, -0.15) is 0 Å². The number of nitrogens with one attached hydrogen (secondary N) is 3. The molecule has 0 spiro atoms. The Morgan fingerprint density at radius 2 is 2.05 bits per heavy atom. The molecule has 0 aromatic carbocycles. The zero-order valence-electron chi connectivity index (χ0n) is 13.4. The summed E-state index contributed by atoms with van der Waals surface area (Å²) in [6.45, 7) is 5.63. The molecule has 0 saturated carbocycles. The first-order valence-electron chi connectivity index (χ1n) is 7.60. The molecule has 7 nitrogen and oxygen atoms in total. The topological polar surface area (TPSA) is 107 Å². The third-order valence-corrected chi connectivity index (χ3v) is 3.22. The number of nitrogens with zero attached hydrogens (tertiary/aromatic N) is 1. The Balaban J connectivity index is 2.39. The van der Waals surface area contributed by atoms with Crippen molar-refractivity contribution >= 4 is 11.8 Å². The number of aromatic nitrogens is 2. The van der Waals surface area contributed by atoms with Crippen LogP contribution in [-0.4, -0.2) is 45.6 Å². The van der Waals surface area contributed by atoms with Gasteiger partial charge in [0.15, 0.2) is 0 Å². The molecular formula is C15H26N4O3. The van der Waals surface area contributed by atoms with Crippen molar-refractivity contribution in [2.45, 2.75) is 52.1 Å². The Labute approximate surface area is 130 Å². The smallest absolute Gasteiger partial charge is 0.245 e. The van der Waals surface area contributed by atoms with Crippen LogP contribution >= 0.6 is 0 Å². The minimum Gasteiger partial charge on any atom is -0.394 e. The second-order valence-corrected chi connectivity index (χ2v) is 5.92. The number of hydrogen-bond acceptors (Lipinski definition) is 4. The van der Waals surface area contributed by atoms with Crippen molar-refractivity contribution in [3.8, 4) is 0 Å². The van der Waals surface area contributed by atoms with Crippen molar-refractivity contribution in [1.82, 2.24) is 20.6 Å². The summed E-state index contributed by atoms with van der Waals surface area (Å²) in [5, 5.41) is 14.7. The molecule has 0 aliphatic rings. The Hall–Kier alpha value is -1.89. The molecule has 0 radical (unpaired) electrons. The van der Waals surface area contributed by atoms with E-state index < -0.39 is 12.6 Å². The summed E-state index contributed by atoms with van der Waals surface area (Å²) >= 11 is 0. The molecule has 0 saturated heterocycles. The van der Waals surface area contributed by atoms with Gasteiger partial charge in [0.2, 0.25) is 11.8 Å². The summed E-state index contributed by atoms with van der Waals surface area (Å²) in [4.78, 5) is 30.6. The van der Waals surface area contributed by atoms with Gasteiger partial charge in [0.25, 0.3) is 0 Å². The van der Waals surface area contributed by atoms with Gasteiger partial charge in [0, 0.05) is 24.4 Å². The lowest BCUT2D eigenvalue weighted by Gasteiger charge is -2.21. The predicted molar refractivity (Wildman–Crippen MR) is 83.0 cm³/mol. The Morgan fingerprint density at radius 1 is 1.32 bits per heavy atom. The molecule has 0 unspecified atom stereocenters. The Bertz CT molecular complexity index is 459. The summed E-state index contributed by atoms with van der Waals surface area (Å²) in [5.74, 6) is -0.169. The average Bonchev–Trinajstić information content (AvgIpc) is 2.94. The van der Waals surface area contributed by atoms with Gasteiger partial charge in [-0.25, -0.2) is 4.98 Å². The summed E-state index contributed by atoms with van der Waals surface area (Å²) < 4.78 is 0. The second-order valence-electron chi connectivity index (χ2n) is 5.92. The Kier molecular flexibility index (Phi) is 7.59. The Morgan fingerprint density at radius 3 is 2.59 bits per heavy atom. The van der Waals surface area contributed by atoms with Crippen LogP contribution in [0, 0.1) is 5.92 Å². The molecule has 0 aliphatic heterocycles. The number of H-pyrrole nitrogens is 1. The lowest BCUT2D eigenvalue weighted by Crippen LogP contribution is -2.51. The molecule has 1 aromatic rings. The molecule has 4 N–H and O–H groups in total. The van der Waals surface area contributed by atoms with Crippen LogP contribution in [0.15, 0.2) is 12.5 Å². The van der Waals surface area contributed by atoms with Gasteiger partial charge in [0.1, 0.15) is 6.04 Å². The van der Waals surface area contributed by atoms with Crippen molar-refractivity contribution < 1.29 is 14.7 Å². The monoisotopic (exact) mass is 310 g/mol. The van der Waals surface area contributed by atoms with Gasteiger partial charge in [0.05, 0.1) is 12.9 Å². The van der Waals surface area contributed by atoms with Crippen LogP contribution < -0.4 is 10.6 Å². The second kappa shape index (κ2) is 9.19. The fourth-order valence-corrected chi connectivity index (χ4v) is 2.24. The van der Waals surface area contributed by atoms with E-state index in [-0.39, 0.29) is 24.3 Å². The van der Waals surface area contributed by atoms with E-state index in [0.29, 0.717) is 12.3 Å². The number of imidazole rings is 1. The van der Waals surface area contributed by atoms with Crippen molar-refractivity contribution in [2.24, 2.45) is 5.92 Å². The number of amides is 2. The van der Waals surface area contributed by atoms with Crippen molar-refractivity contribution in [3.05, 3.63) is 18.2 Å². The third-order valence-electron chi connectivity index (χ3n) is 3.22. The van der Waals surface area contributed by atoms with Crippen molar-refractivity contribution in [1.29, 1.82) is 0 Å². The van der Waals surface area contributed by atoms with E-state index >= 15 is 0 Å². The van der Waals surface area contributed by atoms with Crippen LogP contribution in [0.5, 0.6) is 0 Å². The maximum absolute atomic E-state index is 12.0. The molecule has 1 aromatic heterocycles. The number of hydrogen-bond donors (Lipinski definition) is 4. The highest BCUT2D eigenvalue weighted by atomic mass is 16.3. The van der Waals surface area contributed by atoms with E-state index in [1.54, 1.807) is 12.5 Å². The highest BCUT2D eigenvalue weighted by Crippen LogP contribution is 2.04.